The van der Waals surface area contributed by atoms with Crippen LogP contribution in [0.2, 0.25) is 0 Å². The number of nitrogens with one attached hydrogen (secondary N) is 1. The Morgan fingerprint density at radius 2 is 2.08 bits per heavy atom. The molecule has 1 heterocycles. The highest BCUT2D eigenvalue weighted by Gasteiger charge is 2.26. The van der Waals surface area contributed by atoms with E-state index in [-0.39, 0.29) is 11.3 Å². The molecule has 24 heavy (non-hydrogen) atoms. The fraction of sp³-hybridized carbons (Fsp3) is 0.600. The highest BCUT2D eigenvalue weighted by atomic mass is 16.1. The van der Waals surface area contributed by atoms with Gasteiger partial charge in [-0.2, -0.15) is 0 Å². The Kier molecular flexibility index (Phi) is 4.66. The number of benzene rings is 1. The number of carbonyl (C=O) groups excluding carboxylic acids is 1. The summed E-state index contributed by atoms with van der Waals surface area (Å²) in [6.07, 6.45) is 6.32. The summed E-state index contributed by atoms with van der Waals surface area (Å²) in [5.74, 6) is 0.768. The average molecular weight is 327 g/mol. The maximum absolute atomic E-state index is 12.4. The molecule has 1 aromatic heterocycles. The summed E-state index contributed by atoms with van der Waals surface area (Å²) in [5, 5.41) is 3.07. The van der Waals surface area contributed by atoms with Crippen molar-refractivity contribution < 1.29 is 4.79 Å². The third-order valence-electron chi connectivity index (χ3n) is 4.67. The lowest BCUT2D eigenvalue weighted by Gasteiger charge is -2.29. The molecule has 0 aliphatic heterocycles. The summed E-state index contributed by atoms with van der Waals surface area (Å²) in [7, 11) is 0. The Hall–Kier alpha value is -1.84. The van der Waals surface area contributed by atoms with Crippen molar-refractivity contribution in [3.05, 3.63) is 23.8 Å². The smallest absolute Gasteiger partial charge is 0.227 e. The first-order valence-corrected chi connectivity index (χ1v) is 9.18. The van der Waals surface area contributed by atoms with Crippen LogP contribution in [0.15, 0.2) is 18.2 Å². The van der Waals surface area contributed by atoms with Crippen molar-refractivity contribution in [3.63, 3.8) is 0 Å². The van der Waals surface area contributed by atoms with E-state index in [1.807, 2.05) is 0 Å². The summed E-state index contributed by atoms with van der Waals surface area (Å²) in [4.78, 5) is 17.1. The second kappa shape index (κ2) is 6.58. The van der Waals surface area contributed by atoms with Crippen LogP contribution in [0, 0.1) is 5.41 Å². The van der Waals surface area contributed by atoms with Gasteiger partial charge < -0.3 is 4.57 Å². The number of rotatable bonds is 5. The molecule has 0 saturated heterocycles. The Labute approximate surface area is 144 Å². The lowest BCUT2D eigenvalue weighted by Crippen LogP contribution is -2.24. The van der Waals surface area contributed by atoms with E-state index in [1.54, 1.807) is 0 Å². The maximum Gasteiger partial charge on any atom is 0.227 e. The zero-order chi connectivity index (χ0) is 17.3. The Bertz CT molecular complexity index is 735. The van der Waals surface area contributed by atoms with E-state index < -0.39 is 0 Å². The van der Waals surface area contributed by atoms with Gasteiger partial charge in [0, 0.05) is 12.5 Å². The molecule has 130 valence electrons. The van der Waals surface area contributed by atoms with Gasteiger partial charge in [-0.05, 0) is 48.8 Å². The van der Waals surface area contributed by atoms with Crippen molar-refractivity contribution in [3.8, 4) is 0 Å². The standard InChI is InChI=1S/C20H29N3O/c1-5-7-14-10-11-16-17(12-14)23(15-8-6-9-15)19(21-16)22-18(24)13-20(2,3)4/h10-12,15H,5-9,13H2,1-4H3,(H,21,22,24). The van der Waals surface area contributed by atoms with Crippen molar-refractivity contribution in [1.82, 2.24) is 9.55 Å². The summed E-state index contributed by atoms with van der Waals surface area (Å²) < 4.78 is 2.26. The molecule has 3 rings (SSSR count). The quantitative estimate of drug-likeness (QED) is 0.831. The molecule has 0 unspecified atom stereocenters. The summed E-state index contributed by atoms with van der Waals surface area (Å²) in [6, 6.07) is 6.97. The number of carbonyl (C=O) groups is 1. The number of aryl methyl sites for hydroxylation is 1. The van der Waals surface area contributed by atoms with Crippen LogP contribution in [0.3, 0.4) is 0 Å². The number of nitrogens with zero attached hydrogens (tertiary/aromatic N) is 2. The van der Waals surface area contributed by atoms with Crippen molar-refractivity contribution in [2.45, 2.75) is 72.3 Å². The SMILES string of the molecule is CCCc1ccc2nc(NC(=O)CC(C)(C)C)n(C3CCC3)c2c1. The Morgan fingerprint density at radius 3 is 2.67 bits per heavy atom. The number of aromatic nitrogens is 2. The van der Waals surface area contributed by atoms with Gasteiger partial charge in [0.25, 0.3) is 0 Å². The van der Waals surface area contributed by atoms with Crippen LogP contribution < -0.4 is 5.32 Å². The van der Waals surface area contributed by atoms with E-state index in [0.717, 1.165) is 29.8 Å². The third-order valence-corrected chi connectivity index (χ3v) is 4.67. The monoisotopic (exact) mass is 327 g/mol. The predicted octanol–water partition coefficient (Wildman–Crippen LogP) is 5.09. The minimum Gasteiger partial charge on any atom is -0.307 e. The van der Waals surface area contributed by atoms with Crippen LogP contribution in [0.25, 0.3) is 11.0 Å². The largest absolute Gasteiger partial charge is 0.307 e. The molecule has 0 bridgehead atoms. The summed E-state index contributed by atoms with van der Waals surface area (Å²) in [6.45, 7) is 8.45. The van der Waals surface area contributed by atoms with Gasteiger partial charge in [-0.1, -0.05) is 40.2 Å². The van der Waals surface area contributed by atoms with E-state index in [1.165, 1.54) is 24.8 Å². The first-order chi connectivity index (χ1) is 11.4. The van der Waals surface area contributed by atoms with E-state index in [0.29, 0.717) is 12.5 Å². The van der Waals surface area contributed by atoms with Crippen LogP contribution in [-0.4, -0.2) is 15.5 Å². The van der Waals surface area contributed by atoms with Gasteiger partial charge in [0.15, 0.2) is 0 Å². The van der Waals surface area contributed by atoms with Gasteiger partial charge in [-0.15, -0.1) is 0 Å². The molecule has 4 nitrogen and oxygen atoms in total. The van der Waals surface area contributed by atoms with Crippen LogP contribution in [-0.2, 0) is 11.2 Å². The molecule has 1 saturated carbocycles. The fourth-order valence-electron chi connectivity index (χ4n) is 3.34. The molecular weight excluding hydrogens is 298 g/mol. The van der Waals surface area contributed by atoms with Gasteiger partial charge in [0.2, 0.25) is 11.9 Å². The minimum absolute atomic E-state index is 0.0221. The van der Waals surface area contributed by atoms with Crippen molar-refractivity contribution in [1.29, 1.82) is 0 Å². The van der Waals surface area contributed by atoms with Gasteiger partial charge in [-0.25, -0.2) is 4.98 Å². The first kappa shape index (κ1) is 17.0. The van der Waals surface area contributed by atoms with Gasteiger partial charge in [-0.3, -0.25) is 10.1 Å². The lowest BCUT2D eigenvalue weighted by molar-refractivity contribution is -0.117. The number of anilines is 1. The molecule has 2 aromatic rings. The summed E-state index contributed by atoms with van der Waals surface area (Å²) >= 11 is 0. The topological polar surface area (TPSA) is 46.9 Å². The van der Waals surface area contributed by atoms with E-state index in [2.05, 4.69) is 55.8 Å². The minimum atomic E-state index is -0.0221. The number of fused-ring (bicyclic) bond motifs is 1. The number of amides is 1. The van der Waals surface area contributed by atoms with Crippen molar-refractivity contribution in [2.24, 2.45) is 5.41 Å². The molecule has 1 amide bonds. The van der Waals surface area contributed by atoms with Crippen LogP contribution in [0.4, 0.5) is 5.95 Å². The lowest BCUT2D eigenvalue weighted by atomic mass is 9.92. The zero-order valence-corrected chi connectivity index (χ0v) is 15.4. The second-order valence-electron chi connectivity index (χ2n) is 8.25. The predicted molar refractivity (Wildman–Crippen MR) is 99.3 cm³/mol. The van der Waals surface area contributed by atoms with Gasteiger partial charge in [0.1, 0.15) is 0 Å². The Morgan fingerprint density at radius 1 is 1.33 bits per heavy atom. The van der Waals surface area contributed by atoms with Gasteiger partial charge in [0.05, 0.1) is 11.0 Å². The molecule has 0 spiro atoms. The van der Waals surface area contributed by atoms with Crippen LogP contribution in [0.5, 0.6) is 0 Å². The highest BCUT2D eigenvalue weighted by molar-refractivity contribution is 5.92. The van der Waals surface area contributed by atoms with Gasteiger partial charge >= 0.3 is 0 Å². The van der Waals surface area contributed by atoms with Crippen molar-refractivity contribution >= 4 is 22.9 Å². The zero-order valence-electron chi connectivity index (χ0n) is 15.4. The number of hydrogen-bond donors (Lipinski definition) is 1. The van der Waals surface area contributed by atoms with E-state index in [9.17, 15) is 4.79 Å². The van der Waals surface area contributed by atoms with E-state index >= 15 is 0 Å². The van der Waals surface area contributed by atoms with Crippen LogP contribution in [0.1, 0.15) is 71.4 Å². The molecule has 1 fully saturated rings. The molecular formula is C20H29N3O. The van der Waals surface area contributed by atoms with Crippen LogP contribution >= 0.6 is 0 Å². The molecule has 0 atom stereocenters. The fourth-order valence-corrected chi connectivity index (χ4v) is 3.34. The molecule has 1 N–H and O–H groups in total. The molecule has 1 aliphatic rings. The molecule has 0 radical (unpaired) electrons. The maximum atomic E-state index is 12.4. The normalized spacial score (nSPS) is 15.5. The third kappa shape index (κ3) is 3.63. The Balaban J connectivity index is 1.95. The molecule has 4 heteroatoms. The first-order valence-electron chi connectivity index (χ1n) is 9.18. The van der Waals surface area contributed by atoms with E-state index in [4.69, 9.17) is 4.98 Å². The molecule has 1 aliphatic carbocycles. The number of hydrogen-bond acceptors (Lipinski definition) is 2. The molecule has 1 aromatic carbocycles. The summed E-state index contributed by atoms with van der Waals surface area (Å²) in [5.41, 5.74) is 3.47. The highest BCUT2D eigenvalue weighted by Crippen LogP contribution is 2.37. The number of imidazole rings is 1. The van der Waals surface area contributed by atoms with Crippen molar-refractivity contribution in [2.75, 3.05) is 5.32 Å². The average Bonchev–Trinajstić information content (AvgIpc) is 2.73. The second-order valence-corrected chi connectivity index (χ2v) is 8.25.